The second kappa shape index (κ2) is 3.48. The van der Waals surface area contributed by atoms with Crippen LogP contribution in [0.5, 0.6) is 0 Å². The summed E-state index contributed by atoms with van der Waals surface area (Å²) in [5.41, 5.74) is 2.42. The first-order valence-electron chi connectivity index (χ1n) is 5.64. The molecular formula is C13H17ClO2S. The molecule has 0 heterocycles. The van der Waals surface area contributed by atoms with E-state index < -0.39 is 9.05 Å². The summed E-state index contributed by atoms with van der Waals surface area (Å²) in [7, 11) is 1.76. The molecule has 4 heteroatoms. The number of halogens is 1. The summed E-state index contributed by atoms with van der Waals surface area (Å²) >= 11 is 0. The summed E-state index contributed by atoms with van der Waals surface area (Å²) in [6.07, 6.45) is 1.01. The predicted molar refractivity (Wildman–Crippen MR) is 70.1 cm³/mol. The molecule has 1 aliphatic rings. The van der Waals surface area contributed by atoms with Gasteiger partial charge >= 0.3 is 0 Å². The Kier molecular flexibility index (Phi) is 2.64. The maximum atomic E-state index is 11.4. The molecule has 0 bridgehead atoms. The van der Waals surface area contributed by atoms with Gasteiger partial charge in [-0.2, -0.15) is 0 Å². The lowest BCUT2D eigenvalue weighted by molar-refractivity contribution is 0.403. The predicted octanol–water partition coefficient (Wildman–Crippen LogP) is 3.57. The largest absolute Gasteiger partial charge is 0.261 e. The van der Waals surface area contributed by atoms with Crippen LogP contribution in [0.2, 0.25) is 0 Å². The highest BCUT2D eigenvalue weighted by Crippen LogP contribution is 2.49. The Balaban J connectivity index is 2.69. The van der Waals surface area contributed by atoms with E-state index in [1.54, 1.807) is 12.1 Å². The maximum absolute atomic E-state index is 11.4. The van der Waals surface area contributed by atoms with Crippen molar-refractivity contribution in [3.05, 3.63) is 29.3 Å². The number of rotatable bonds is 1. The van der Waals surface area contributed by atoms with E-state index in [2.05, 4.69) is 27.7 Å². The summed E-state index contributed by atoms with van der Waals surface area (Å²) in [6, 6.07) is 5.23. The highest BCUT2D eigenvalue weighted by molar-refractivity contribution is 8.13. The number of hydrogen-bond donors (Lipinski definition) is 0. The van der Waals surface area contributed by atoms with Gasteiger partial charge in [0.25, 0.3) is 9.05 Å². The van der Waals surface area contributed by atoms with Crippen molar-refractivity contribution in [1.29, 1.82) is 0 Å². The van der Waals surface area contributed by atoms with Gasteiger partial charge < -0.3 is 0 Å². The van der Waals surface area contributed by atoms with Crippen LogP contribution in [0.3, 0.4) is 0 Å². The normalized spacial score (nSPS) is 21.2. The van der Waals surface area contributed by atoms with Crippen LogP contribution in [0.25, 0.3) is 0 Å². The smallest absolute Gasteiger partial charge is 0.207 e. The van der Waals surface area contributed by atoms with Crippen LogP contribution in [0.15, 0.2) is 23.1 Å². The minimum atomic E-state index is -3.64. The molecule has 1 aromatic carbocycles. The highest BCUT2D eigenvalue weighted by atomic mass is 35.7. The SMILES string of the molecule is CC1(C)CC(C)(C)c2cc(S(=O)(=O)Cl)ccc21. The van der Waals surface area contributed by atoms with E-state index in [1.807, 2.05) is 6.07 Å². The molecular weight excluding hydrogens is 256 g/mol. The molecule has 0 radical (unpaired) electrons. The van der Waals surface area contributed by atoms with Crippen molar-refractivity contribution in [1.82, 2.24) is 0 Å². The first kappa shape index (κ1) is 12.9. The zero-order valence-corrected chi connectivity index (χ0v) is 12.1. The standard InChI is InChI=1S/C13H17ClO2S/c1-12(2)8-13(3,4)11-7-9(17(14,15)16)5-6-10(11)12/h5-7H,8H2,1-4H3. The third-order valence-corrected chi connectivity index (χ3v) is 4.97. The topological polar surface area (TPSA) is 34.1 Å². The van der Waals surface area contributed by atoms with Crippen LogP contribution in [-0.2, 0) is 19.9 Å². The van der Waals surface area contributed by atoms with Crippen molar-refractivity contribution in [2.75, 3.05) is 0 Å². The van der Waals surface area contributed by atoms with Crippen molar-refractivity contribution in [2.24, 2.45) is 0 Å². The van der Waals surface area contributed by atoms with Crippen molar-refractivity contribution in [3.8, 4) is 0 Å². The van der Waals surface area contributed by atoms with E-state index in [0.717, 1.165) is 12.0 Å². The average molecular weight is 273 g/mol. The molecule has 0 saturated carbocycles. The summed E-state index contributed by atoms with van der Waals surface area (Å²) in [6.45, 7) is 8.67. The Morgan fingerprint density at radius 3 is 2.12 bits per heavy atom. The second-order valence-electron chi connectivity index (χ2n) is 6.09. The quantitative estimate of drug-likeness (QED) is 0.733. The number of benzene rings is 1. The Labute approximate surface area is 107 Å². The molecule has 0 aromatic heterocycles. The molecule has 0 N–H and O–H groups in total. The molecule has 1 aromatic rings. The molecule has 2 rings (SSSR count). The fourth-order valence-corrected chi connectivity index (χ4v) is 3.90. The van der Waals surface area contributed by atoms with Gasteiger partial charge in [-0.3, -0.25) is 0 Å². The lowest BCUT2D eigenvalue weighted by atomic mass is 9.82. The maximum Gasteiger partial charge on any atom is 0.261 e. The average Bonchev–Trinajstić information content (AvgIpc) is 2.31. The second-order valence-corrected chi connectivity index (χ2v) is 8.66. The molecule has 17 heavy (non-hydrogen) atoms. The molecule has 0 amide bonds. The van der Waals surface area contributed by atoms with E-state index in [4.69, 9.17) is 10.7 Å². The Hall–Kier alpha value is -0.540. The van der Waals surface area contributed by atoms with Gasteiger partial charge in [-0.25, -0.2) is 8.42 Å². The van der Waals surface area contributed by atoms with Gasteiger partial charge in [0.2, 0.25) is 0 Å². The van der Waals surface area contributed by atoms with Crippen molar-refractivity contribution >= 4 is 19.7 Å². The molecule has 0 unspecified atom stereocenters. The Bertz CT molecular complexity index is 571. The van der Waals surface area contributed by atoms with E-state index in [1.165, 1.54) is 5.56 Å². The van der Waals surface area contributed by atoms with Crippen LogP contribution in [0.1, 0.15) is 45.2 Å². The van der Waals surface area contributed by atoms with Gasteiger partial charge in [0.15, 0.2) is 0 Å². The summed E-state index contributed by atoms with van der Waals surface area (Å²) in [4.78, 5) is 0.198. The summed E-state index contributed by atoms with van der Waals surface area (Å²) in [5.74, 6) is 0. The fraction of sp³-hybridized carbons (Fsp3) is 0.538. The molecule has 1 aliphatic carbocycles. The number of fused-ring (bicyclic) bond motifs is 1. The lowest BCUT2D eigenvalue weighted by Crippen LogP contribution is -2.18. The van der Waals surface area contributed by atoms with Gasteiger partial charge in [0.05, 0.1) is 4.90 Å². The third kappa shape index (κ3) is 2.11. The monoisotopic (exact) mass is 272 g/mol. The highest BCUT2D eigenvalue weighted by Gasteiger charge is 2.42. The van der Waals surface area contributed by atoms with Gasteiger partial charge in [0, 0.05) is 10.7 Å². The van der Waals surface area contributed by atoms with Crippen LogP contribution in [0.4, 0.5) is 0 Å². The Morgan fingerprint density at radius 1 is 1.06 bits per heavy atom. The van der Waals surface area contributed by atoms with Gasteiger partial charge in [-0.1, -0.05) is 33.8 Å². The van der Waals surface area contributed by atoms with Crippen molar-refractivity contribution in [3.63, 3.8) is 0 Å². The van der Waals surface area contributed by atoms with Crippen LogP contribution in [-0.4, -0.2) is 8.42 Å². The van der Waals surface area contributed by atoms with Crippen molar-refractivity contribution < 1.29 is 8.42 Å². The van der Waals surface area contributed by atoms with Crippen LogP contribution < -0.4 is 0 Å². The molecule has 0 fully saturated rings. The first-order valence-corrected chi connectivity index (χ1v) is 7.95. The first-order chi connectivity index (χ1) is 7.54. The number of hydrogen-bond acceptors (Lipinski definition) is 2. The van der Waals surface area contributed by atoms with Crippen LogP contribution >= 0.6 is 10.7 Å². The van der Waals surface area contributed by atoms with E-state index >= 15 is 0 Å². The van der Waals surface area contributed by atoms with Crippen molar-refractivity contribution in [2.45, 2.75) is 49.8 Å². The van der Waals surface area contributed by atoms with Gasteiger partial charge in [0.1, 0.15) is 0 Å². The minimum absolute atomic E-state index is 0.00355. The molecule has 0 atom stereocenters. The summed E-state index contributed by atoms with van der Waals surface area (Å²) < 4.78 is 22.7. The lowest BCUT2D eigenvalue weighted by Gasteiger charge is -2.22. The van der Waals surface area contributed by atoms with E-state index in [0.29, 0.717) is 0 Å². The zero-order valence-electron chi connectivity index (χ0n) is 10.5. The third-order valence-electron chi connectivity index (χ3n) is 3.61. The van der Waals surface area contributed by atoms with E-state index in [-0.39, 0.29) is 15.7 Å². The molecule has 0 aliphatic heterocycles. The molecule has 94 valence electrons. The minimum Gasteiger partial charge on any atom is -0.207 e. The molecule has 0 spiro atoms. The van der Waals surface area contributed by atoms with Gasteiger partial charge in [-0.05, 0) is 40.5 Å². The Morgan fingerprint density at radius 2 is 1.59 bits per heavy atom. The van der Waals surface area contributed by atoms with E-state index in [9.17, 15) is 8.42 Å². The molecule has 2 nitrogen and oxygen atoms in total. The fourth-order valence-electron chi connectivity index (χ4n) is 3.12. The van der Waals surface area contributed by atoms with Crippen LogP contribution in [0, 0.1) is 0 Å². The zero-order chi connectivity index (χ0) is 13.1. The summed E-state index contributed by atoms with van der Waals surface area (Å²) in [5, 5.41) is 0. The van der Waals surface area contributed by atoms with Gasteiger partial charge in [-0.15, -0.1) is 0 Å². The molecule has 0 saturated heterocycles.